The second-order valence-electron chi connectivity index (χ2n) is 5.15. The molecule has 4 rings (SSSR count). The van der Waals surface area contributed by atoms with Crippen LogP contribution in [0.5, 0.6) is 0 Å². The maximum absolute atomic E-state index is 14.2. The van der Waals surface area contributed by atoms with E-state index in [4.69, 9.17) is 0 Å². The summed E-state index contributed by atoms with van der Waals surface area (Å²) in [6, 6.07) is 10.5. The van der Waals surface area contributed by atoms with E-state index in [0.717, 1.165) is 11.3 Å². The number of hydrogen-bond donors (Lipinski definition) is 1. The Bertz CT molecular complexity index is 1050. The molecule has 0 aliphatic heterocycles. The molecule has 0 unspecified atom stereocenters. The summed E-state index contributed by atoms with van der Waals surface area (Å²) in [6.45, 7) is 0. The Balaban J connectivity index is 1.60. The number of carbonyl (C=O) groups is 1. The van der Waals surface area contributed by atoms with E-state index in [1.807, 2.05) is 0 Å². The van der Waals surface area contributed by atoms with Crippen LogP contribution in [0, 0.1) is 5.13 Å². The Morgan fingerprint density at radius 3 is 2.65 bits per heavy atom. The molecule has 4 heterocycles. The Kier molecular flexibility index (Phi) is 4.20. The molecule has 1 N–H and O–H groups in total. The first kappa shape index (κ1) is 16.0. The SMILES string of the molecule is O=C(Nc1nc(-c2ccccn2)c(F)s1)c1cncn1-c1ccccn1. The normalized spacial score (nSPS) is 10.7. The fourth-order valence-corrected chi connectivity index (χ4v) is 3.02. The van der Waals surface area contributed by atoms with Gasteiger partial charge in [0.1, 0.15) is 23.5 Å². The molecule has 128 valence electrons. The van der Waals surface area contributed by atoms with Gasteiger partial charge >= 0.3 is 0 Å². The fraction of sp³-hybridized carbons (Fsp3) is 0. The Morgan fingerprint density at radius 1 is 1.12 bits per heavy atom. The number of carbonyl (C=O) groups excluding carboxylic acids is 1. The first-order chi connectivity index (χ1) is 12.7. The van der Waals surface area contributed by atoms with Crippen LogP contribution < -0.4 is 5.32 Å². The van der Waals surface area contributed by atoms with E-state index in [9.17, 15) is 9.18 Å². The van der Waals surface area contributed by atoms with Crippen LogP contribution in [-0.2, 0) is 0 Å². The van der Waals surface area contributed by atoms with Crippen molar-refractivity contribution in [1.29, 1.82) is 0 Å². The van der Waals surface area contributed by atoms with E-state index >= 15 is 0 Å². The third-order valence-corrected chi connectivity index (χ3v) is 4.24. The van der Waals surface area contributed by atoms with Crippen LogP contribution in [0.15, 0.2) is 61.3 Å². The number of halogens is 1. The van der Waals surface area contributed by atoms with Crippen LogP contribution in [0.2, 0.25) is 0 Å². The van der Waals surface area contributed by atoms with Gasteiger partial charge in [-0.2, -0.15) is 4.39 Å². The zero-order chi connectivity index (χ0) is 17.9. The number of imidazole rings is 1. The summed E-state index contributed by atoms with van der Waals surface area (Å²) in [5.74, 6) is 0.0871. The number of nitrogens with zero attached hydrogens (tertiary/aromatic N) is 5. The second-order valence-corrected chi connectivity index (χ2v) is 6.10. The average Bonchev–Trinajstić information content (AvgIpc) is 3.30. The number of nitrogens with one attached hydrogen (secondary N) is 1. The van der Waals surface area contributed by atoms with Crippen LogP contribution in [0.1, 0.15) is 10.5 Å². The topological polar surface area (TPSA) is 85.6 Å². The molecule has 9 heteroatoms. The maximum Gasteiger partial charge on any atom is 0.276 e. The molecule has 4 aromatic heterocycles. The van der Waals surface area contributed by atoms with E-state index < -0.39 is 11.0 Å². The third kappa shape index (κ3) is 3.07. The molecule has 0 bridgehead atoms. The van der Waals surface area contributed by atoms with Gasteiger partial charge in [-0.3, -0.25) is 19.7 Å². The summed E-state index contributed by atoms with van der Waals surface area (Å²) in [6.07, 6.45) is 6.07. The minimum atomic E-state index is -0.516. The zero-order valence-corrected chi connectivity index (χ0v) is 14.0. The number of anilines is 1. The summed E-state index contributed by atoms with van der Waals surface area (Å²) in [7, 11) is 0. The van der Waals surface area contributed by atoms with Gasteiger partial charge in [-0.05, 0) is 24.3 Å². The average molecular weight is 366 g/mol. The molecule has 7 nitrogen and oxygen atoms in total. The first-order valence-electron chi connectivity index (χ1n) is 7.55. The van der Waals surface area contributed by atoms with Gasteiger partial charge in [0.2, 0.25) is 5.13 Å². The Labute approximate surface area is 151 Å². The molecule has 0 radical (unpaired) electrons. The predicted molar refractivity (Wildman–Crippen MR) is 94.6 cm³/mol. The molecule has 0 spiro atoms. The Hall–Kier alpha value is -3.46. The van der Waals surface area contributed by atoms with Crippen molar-refractivity contribution in [1.82, 2.24) is 24.5 Å². The first-order valence-corrected chi connectivity index (χ1v) is 8.37. The van der Waals surface area contributed by atoms with Crippen LogP contribution in [0.4, 0.5) is 9.52 Å². The predicted octanol–water partition coefficient (Wildman–Crippen LogP) is 3.18. The highest BCUT2D eigenvalue weighted by Gasteiger charge is 2.18. The molecular formula is C17H11FN6OS. The molecule has 1 amide bonds. The smallest absolute Gasteiger partial charge is 0.276 e. The van der Waals surface area contributed by atoms with Crippen molar-refractivity contribution in [3.63, 3.8) is 0 Å². The van der Waals surface area contributed by atoms with Crippen molar-refractivity contribution in [3.05, 3.63) is 72.1 Å². The summed E-state index contributed by atoms with van der Waals surface area (Å²) in [5, 5.41) is 2.22. The number of pyridine rings is 2. The highest BCUT2D eigenvalue weighted by molar-refractivity contribution is 7.14. The van der Waals surface area contributed by atoms with Crippen LogP contribution in [0.25, 0.3) is 17.2 Å². The lowest BCUT2D eigenvalue weighted by Crippen LogP contribution is -2.16. The van der Waals surface area contributed by atoms with E-state index in [1.165, 1.54) is 12.5 Å². The highest BCUT2D eigenvalue weighted by atomic mass is 32.1. The van der Waals surface area contributed by atoms with Gasteiger partial charge < -0.3 is 0 Å². The summed E-state index contributed by atoms with van der Waals surface area (Å²) in [4.78, 5) is 28.9. The molecule has 26 heavy (non-hydrogen) atoms. The minimum Gasteiger partial charge on any atom is -0.296 e. The van der Waals surface area contributed by atoms with Gasteiger partial charge in [-0.25, -0.2) is 15.0 Å². The van der Waals surface area contributed by atoms with Crippen molar-refractivity contribution in [2.75, 3.05) is 5.32 Å². The standard InChI is InChI=1S/C17H11FN6OS/c18-15-14(11-5-1-3-7-20-11)22-17(26-15)23-16(25)12-9-19-10-24(12)13-6-2-4-8-21-13/h1-10H,(H,22,23,25). The number of hydrogen-bond acceptors (Lipinski definition) is 6. The van der Waals surface area contributed by atoms with E-state index in [-0.39, 0.29) is 16.5 Å². The fourth-order valence-electron chi connectivity index (χ4n) is 2.32. The van der Waals surface area contributed by atoms with Gasteiger partial charge in [0.05, 0.1) is 11.9 Å². The van der Waals surface area contributed by atoms with E-state index in [2.05, 4.69) is 25.3 Å². The van der Waals surface area contributed by atoms with Gasteiger partial charge in [0.15, 0.2) is 5.13 Å². The quantitative estimate of drug-likeness (QED) is 0.600. The minimum absolute atomic E-state index is 0.101. The number of thiazole rings is 1. The van der Waals surface area contributed by atoms with Gasteiger partial charge in [-0.15, -0.1) is 0 Å². The van der Waals surface area contributed by atoms with Crippen molar-refractivity contribution in [2.24, 2.45) is 0 Å². The molecule has 0 saturated heterocycles. The van der Waals surface area contributed by atoms with Crippen molar-refractivity contribution < 1.29 is 9.18 Å². The molecule has 4 aromatic rings. The maximum atomic E-state index is 14.2. The van der Waals surface area contributed by atoms with Crippen molar-refractivity contribution >= 4 is 22.4 Å². The molecule has 0 aromatic carbocycles. The van der Waals surface area contributed by atoms with Gasteiger partial charge in [0, 0.05) is 12.4 Å². The molecule has 0 saturated carbocycles. The number of amides is 1. The highest BCUT2D eigenvalue weighted by Crippen LogP contribution is 2.28. The summed E-state index contributed by atoms with van der Waals surface area (Å²) in [5.41, 5.74) is 0.767. The molecular weight excluding hydrogens is 355 g/mol. The van der Waals surface area contributed by atoms with Crippen molar-refractivity contribution in [2.45, 2.75) is 0 Å². The largest absolute Gasteiger partial charge is 0.296 e. The van der Waals surface area contributed by atoms with Gasteiger partial charge in [0.25, 0.3) is 5.91 Å². The molecule has 0 atom stereocenters. The summed E-state index contributed by atoms with van der Waals surface area (Å²) >= 11 is 0.741. The van der Waals surface area contributed by atoms with Crippen molar-refractivity contribution in [3.8, 4) is 17.2 Å². The molecule has 0 aliphatic carbocycles. The lowest BCUT2D eigenvalue weighted by Gasteiger charge is -2.06. The van der Waals surface area contributed by atoms with E-state index in [0.29, 0.717) is 11.5 Å². The lowest BCUT2D eigenvalue weighted by atomic mass is 10.3. The zero-order valence-electron chi connectivity index (χ0n) is 13.2. The van der Waals surface area contributed by atoms with Crippen LogP contribution >= 0.6 is 11.3 Å². The monoisotopic (exact) mass is 366 g/mol. The second kappa shape index (κ2) is 6.81. The lowest BCUT2D eigenvalue weighted by molar-refractivity contribution is 0.102. The molecule has 0 aliphatic rings. The van der Waals surface area contributed by atoms with Gasteiger partial charge in [-0.1, -0.05) is 23.5 Å². The molecule has 0 fully saturated rings. The number of rotatable bonds is 4. The van der Waals surface area contributed by atoms with Crippen LogP contribution in [0.3, 0.4) is 0 Å². The van der Waals surface area contributed by atoms with E-state index in [1.54, 1.807) is 53.4 Å². The van der Waals surface area contributed by atoms with Crippen LogP contribution in [-0.4, -0.2) is 30.4 Å². The number of aromatic nitrogens is 5. The third-order valence-electron chi connectivity index (χ3n) is 3.48. The Morgan fingerprint density at radius 2 is 1.92 bits per heavy atom. The summed E-state index contributed by atoms with van der Waals surface area (Å²) < 4.78 is 15.7.